The number of unbranched alkanes of at least 4 members (excludes halogenated alkanes) is 10. The average molecular weight is 749 g/mol. The quantitative estimate of drug-likeness (QED) is 0.0563. The smallest absolute Gasteiger partial charge is 0.0637 e. The summed E-state index contributed by atoms with van der Waals surface area (Å²) >= 11 is 0. The molecule has 3 saturated carbocycles. The molecule has 0 aromatic rings. The molecule has 0 aliphatic heterocycles. The third-order valence-electron chi connectivity index (χ3n) is 14.4. The van der Waals surface area contributed by atoms with Crippen molar-refractivity contribution in [2.45, 2.75) is 200 Å². The Kier molecular flexibility index (Phi) is 25.0. The molecule has 3 fully saturated rings. The van der Waals surface area contributed by atoms with Gasteiger partial charge in [-0.05, 0) is 158 Å². The third-order valence-corrected chi connectivity index (χ3v) is 14.4. The van der Waals surface area contributed by atoms with Crippen LogP contribution in [0.25, 0.3) is 0 Å². The topological polar surface area (TPSA) is 118 Å². The summed E-state index contributed by atoms with van der Waals surface area (Å²) in [4.78, 5) is 0. The largest absolute Gasteiger partial charge is 0.378 e. The molecule has 0 bridgehead atoms. The summed E-state index contributed by atoms with van der Waals surface area (Å²) in [5, 5.41) is 3.81. The molecule has 3 aliphatic rings. The molecule has 10 unspecified atom stereocenters. The van der Waals surface area contributed by atoms with Gasteiger partial charge >= 0.3 is 0 Å². The zero-order valence-corrected chi connectivity index (χ0v) is 35.8. The molecule has 0 spiro atoms. The lowest BCUT2D eigenvalue weighted by atomic mass is 9.51. The van der Waals surface area contributed by atoms with E-state index in [0.717, 1.165) is 71.3 Å². The number of nitrogens with two attached hydrogens (primary N) is 3. The van der Waals surface area contributed by atoms with Crippen LogP contribution in [0.1, 0.15) is 182 Å². The molecular weight excluding hydrogens is 657 g/mol. The molecule has 7 nitrogen and oxygen atoms in total. The fourth-order valence-corrected chi connectivity index (χ4v) is 11.2. The predicted octanol–water partition coefficient (Wildman–Crippen LogP) is 9.77. The minimum atomic E-state index is 0.172. The minimum absolute atomic E-state index is 0.172. The van der Waals surface area contributed by atoms with Crippen LogP contribution in [0, 0.1) is 40.9 Å². The van der Waals surface area contributed by atoms with Crippen molar-refractivity contribution in [3.63, 3.8) is 0 Å². The number of rotatable bonds is 29. The Morgan fingerprint density at radius 1 is 0.660 bits per heavy atom. The number of hydrogen-bond acceptors (Lipinski definition) is 7. The van der Waals surface area contributed by atoms with E-state index in [0.29, 0.717) is 73.5 Å². The van der Waals surface area contributed by atoms with Gasteiger partial charge in [0.15, 0.2) is 0 Å². The first-order valence-electron chi connectivity index (χ1n) is 23.6. The standard InChI is InChI=1S/C46H92N4O3/c1-5-6-7-8-9-10-11-12-13-14-15-31-50-32-17-21-38(3)41-26-27-42-45-40(36-44(46(41,42)4)53-35-20-30-49)37(2)24-25-39(51-33-18-28-47)22-16-23-43(45)52-34-19-29-48/h37-45,50H,5-36,47-49H2,1-4H3. The van der Waals surface area contributed by atoms with Gasteiger partial charge in [-0.1, -0.05) is 91.9 Å². The van der Waals surface area contributed by atoms with Crippen LogP contribution >= 0.6 is 0 Å². The maximum Gasteiger partial charge on any atom is 0.0637 e. The maximum absolute atomic E-state index is 7.01. The van der Waals surface area contributed by atoms with E-state index in [2.05, 4.69) is 33.0 Å². The van der Waals surface area contributed by atoms with E-state index < -0.39 is 0 Å². The van der Waals surface area contributed by atoms with Gasteiger partial charge in [0.25, 0.3) is 0 Å². The summed E-state index contributed by atoms with van der Waals surface area (Å²) in [6.45, 7) is 16.8. The van der Waals surface area contributed by atoms with Gasteiger partial charge in [0, 0.05) is 25.2 Å². The van der Waals surface area contributed by atoms with Gasteiger partial charge in [0.1, 0.15) is 0 Å². The zero-order chi connectivity index (χ0) is 38.2. The highest BCUT2D eigenvalue weighted by molar-refractivity contribution is 5.10. The van der Waals surface area contributed by atoms with Crippen LogP contribution in [0.2, 0.25) is 0 Å². The number of ether oxygens (including phenoxy) is 3. The molecule has 0 amide bonds. The van der Waals surface area contributed by atoms with Crippen LogP contribution in [0.15, 0.2) is 0 Å². The first-order chi connectivity index (χ1) is 25.9. The van der Waals surface area contributed by atoms with Gasteiger partial charge in [-0.15, -0.1) is 0 Å². The molecule has 0 saturated heterocycles. The van der Waals surface area contributed by atoms with E-state index in [-0.39, 0.29) is 5.41 Å². The Balaban J connectivity index is 1.59. The fraction of sp³-hybridized carbons (Fsp3) is 1.00. The first kappa shape index (κ1) is 47.1. The Bertz CT molecular complexity index is 880. The minimum Gasteiger partial charge on any atom is -0.378 e. The third kappa shape index (κ3) is 15.9. The second-order valence-electron chi connectivity index (χ2n) is 18.2. The molecule has 314 valence electrons. The number of fused-ring (bicyclic) bond motifs is 3. The number of hydrogen-bond donors (Lipinski definition) is 4. The van der Waals surface area contributed by atoms with Crippen molar-refractivity contribution in [2.24, 2.45) is 58.1 Å². The lowest BCUT2D eigenvalue weighted by Gasteiger charge is -2.57. The summed E-state index contributed by atoms with van der Waals surface area (Å²) in [6, 6.07) is 0. The highest BCUT2D eigenvalue weighted by atomic mass is 16.5. The predicted molar refractivity (Wildman–Crippen MR) is 226 cm³/mol. The molecule has 10 atom stereocenters. The van der Waals surface area contributed by atoms with Crippen LogP contribution in [-0.4, -0.2) is 70.9 Å². The van der Waals surface area contributed by atoms with Crippen LogP contribution in [-0.2, 0) is 14.2 Å². The van der Waals surface area contributed by atoms with Crippen LogP contribution in [0.5, 0.6) is 0 Å². The Morgan fingerprint density at radius 2 is 1.26 bits per heavy atom. The molecule has 0 radical (unpaired) electrons. The van der Waals surface area contributed by atoms with E-state index in [1.807, 2.05) is 0 Å². The van der Waals surface area contributed by atoms with Gasteiger partial charge in [-0.2, -0.15) is 0 Å². The summed E-state index contributed by atoms with van der Waals surface area (Å²) in [7, 11) is 0. The van der Waals surface area contributed by atoms with Crippen molar-refractivity contribution in [2.75, 3.05) is 52.5 Å². The highest BCUT2D eigenvalue weighted by Gasteiger charge is 2.61. The first-order valence-corrected chi connectivity index (χ1v) is 23.6. The van der Waals surface area contributed by atoms with Gasteiger partial charge in [0.2, 0.25) is 0 Å². The summed E-state index contributed by atoms with van der Waals surface area (Å²) < 4.78 is 20.4. The van der Waals surface area contributed by atoms with E-state index in [1.165, 1.54) is 116 Å². The summed E-state index contributed by atoms with van der Waals surface area (Å²) in [6.07, 6.45) is 31.4. The van der Waals surface area contributed by atoms with Crippen LogP contribution < -0.4 is 22.5 Å². The lowest BCUT2D eigenvalue weighted by Crippen LogP contribution is -2.57. The maximum atomic E-state index is 7.01. The van der Waals surface area contributed by atoms with E-state index in [1.54, 1.807) is 0 Å². The van der Waals surface area contributed by atoms with Crippen molar-refractivity contribution in [3.05, 3.63) is 0 Å². The van der Waals surface area contributed by atoms with Crippen molar-refractivity contribution in [3.8, 4) is 0 Å². The summed E-state index contributed by atoms with van der Waals surface area (Å²) in [5.74, 6) is 3.84. The molecule has 53 heavy (non-hydrogen) atoms. The molecule has 7 heteroatoms. The summed E-state index contributed by atoms with van der Waals surface area (Å²) in [5.41, 5.74) is 18.0. The van der Waals surface area contributed by atoms with Crippen molar-refractivity contribution >= 4 is 0 Å². The SMILES string of the molecule is CCCCCCCCCCCCCNCCCC(C)C1CCC2C3C(OCCCN)CCCC(OCCCN)CCC(C)C3CC(OCCCN)C12C. The normalized spacial score (nSPS) is 31.3. The molecular formula is C46H92N4O3. The molecule has 7 N–H and O–H groups in total. The van der Waals surface area contributed by atoms with Gasteiger partial charge in [-0.3, -0.25) is 0 Å². The second-order valence-corrected chi connectivity index (χ2v) is 18.2. The Hall–Kier alpha value is -0.280. The molecule has 3 rings (SSSR count). The van der Waals surface area contributed by atoms with Crippen molar-refractivity contribution in [1.82, 2.24) is 5.32 Å². The zero-order valence-electron chi connectivity index (χ0n) is 35.8. The lowest BCUT2D eigenvalue weighted by molar-refractivity contribution is -0.177. The molecule has 0 aromatic carbocycles. The van der Waals surface area contributed by atoms with E-state index in [4.69, 9.17) is 31.4 Å². The average Bonchev–Trinajstić information content (AvgIpc) is 3.52. The van der Waals surface area contributed by atoms with Crippen molar-refractivity contribution < 1.29 is 14.2 Å². The monoisotopic (exact) mass is 749 g/mol. The molecule has 0 heterocycles. The molecule has 0 aromatic heterocycles. The van der Waals surface area contributed by atoms with Gasteiger partial charge < -0.3 is 36.7 Å². The Morgan fingerprint density at radius 3 is 1.92 bits per heavy atom. The van der Waals surface area contributed by atoms with Crippen LogP contribution in [0.4, 0.5) is 0 Å². The fourth-order valence-electron chi connectivity index (χ4n) is 11.2. The van der Waals surface area contributed by atoms with Crippen molar-refractivity contribution in [1.29, 1.82) is 0 Å². The van der Waals surface area contributed by atoms with Gasteiger partial charge in [0.05, 0.1) is 18.3 Å². The van der Waals surface area contributed by atoms with E-state index in [9.17, 15) is 0 Å². The van der Waals surface area contributed by atoms with Crippen LogP contribution in [0.3, 0.4) is 0 Å². The van der Waals surface area contributed by atoms with E-state index >= 15 is 0 Å². The van der Waals surface area contributed by atoms with Gasteiger partial charge in [-0.25, -0.2) is 0 Å². The molecule has 3 aliphatic carbocycles. The Labute approximate surface area is 329 Å². The second kappa shape index (κ2) is 28.2. The number of nitrogens with one attached hydrogen (secondary N) is 1. The highest BCUT2D eigenvalue weighted by Crippen LogP contribution is 2.64.